The summed E-state index contributed by atoms with van der Waals surface area (Å²) in [6, 6.07) is 8.84. The number of hydrogen-bond donors (Lipinski definition) is 3. The van der Waals surface area contributed by atoms with Crippen LogP contribution in [0.3, 0.4) is 0 Å². The van der Waals surface area contributed by atoms with Gasteiger partial charge in [0.2, 0.25) is 6.46 Å². The van der Waals surface area contributed by atoms with Crippen LogP contribution in [0.1, 0.15) is 6.92 Å². The second-order valence-electron chi connectivity index (χ2n) is 5.45. The highest BCUT2D eigenvalue weighted by atomic mass is 32.8. The average molecular weight is 455 g/mol. The Hall–Kier alpha value is -1.40. The third kappa shape index (κ3) is 4.21. The predicted octanol–water partition coefficient (Wildman–Crippen LogP) is 0.971. The van der Waals surface area contributed by atoms with E-state index in [1.807, 2.05) is 0 Å². The van der Waals surface area contributed by atoms with Crippen LogP contribution in [0.25, 0.3) is 0 Å². The summed E-state index contributed by atoms with van der Waals surface area (Å²) in [5.41, 5.74) is 0. The molecule has 0 aliphatic heterocycles. The van der Waals surface area contributed by atoms with Gasteiger partial charge in [0.05, 0.1) is 16.0 Å². The van der Waals surface area contributed by atoms with E-state index in [0.717, 1.165) is 24.3 Å². The van der Waals surface area contributed by atoms with Crippen LogP contribution in [0.2, 0.25) is 0 Å². The molecule has 0 fully saturated rings. The molecule has 27 heavy (non-hydrogen) atoms. The Morgan fingerprint density at radius 2 is 1.11 bits per heavy atom. The molecule has 0 radical (unpaired) electrons. The highest BCUT2D eigenvalue weighted by molar-refractivity contribution is 8.59. The standard InChI is InChI=1S/C14H15O9PS3/c1-2-24(27(21,22)23,11-5-3-7-13(9-11)25(15,16)17)12-6-4-8-14(10-12)26(18,19)20/h3-10H,2H2,1H3,(H2-,15,16,17,18,19,20,21,22,23)/p+1. The first-order valence-electron chi connectivity index (χ1n) is 7.25. The molecule has 148 valence electrons. The van der Waals surface area contributed by atoms with Gasteiger partial charge in [-0.1, -0.05) is 12.1 Å². The van der Waals surface area contributed by atoms with Crippen molar-refractivity contribution < 1.29 is 38.9 Å². The smallest absolute Gasteiger partial charge is 0.282 e. The van der Waals surface area contributed by atoms with Gasteiger partial charge in [-0.2, -0.15) is 25.3 Å². The number of benzene rings is 2. The van der Waals surface area contributed by atoms with Crippen LogP contribution >= 0.6 is 6.46 Å². The Kier molecular flexibility index (Phi) is 5.84. The first-order chi connectivity index (χ1) is 12.2. The van der Waals surface area contributed by atoms with Gasteiger partial charge in [0, 0.05) is 12.1 Å². The minimum atomic E-state index is -4.85. The molecule has 0 saturated heterocycles. The number of rotatable bonds is 6. The van der Waals surface area contributed by atoms with E-state index >= 15 is 0 Å². The van der Waals surface area contributed by atoms with E-state index in [1.54, 1.807) is 0 Å². The van der Waals surface area contributed by atoms with Gasteiger partial charge in [-0.25, -0.2) is 0 Å². The van der Waals surface area contributed by atoms with Gasteiger partial charge in [-0.05, 0) is 31.2 Å². The minimum absolute atomic E-state index is 0.102. The maximum absolute atomic E-state index is 12.4. The molecule has 0 bridgehead atoms. The molecule has 3 N–H and O–H groups in total. The quantitative estimate of drug-likeness (QED) is 0.425. The summed E-state index contributed by atoms with van der Waals surface area (Å²) in [5, 5.41) is -0.203. The van der Waals surface area contributed by atoms with E-state index in [2.05, 4.69) is 0 Å². The zero-order valence-corrected chi connectivity index (χ0v) is 17.1. The van der Waals surface area contributed by atoms with Gasteiger partial charge in [0.1, 0.15) is 10.6 Å². The fourth-order valence-corrected chi connectivity index (χ4v) is 10.4. The maximum Gasteiger partial charge on any atom is 0.390 e. The fraction of sp³-hybridized carbons (Fsp3) is 0.143. The highest BCUT2D eigenvalue weighted by Crippen LogP contribution is 2.61. The summed E-state index contributed by atoms with van der Waals surface area (Å²) in [4.78, 5) is -1.15. The minimum Gasteiger partial charge on any atom is -0.282 e. The van der Waals surface area contributed by atoms with Crippen molar-refractivity contribution in [3.05, 3.63) is 48.5 Å². The molecular formula is C14H16O9PS3+. The van der Waals surface area contributed by atoms with Crippen LogP contribution in [0.15, 0.2) is 58.3 Å². The molecule has 9 nitrogen and oxygen atoms in total. The fourth-order valence-electron chi connectivity index (χ4n) is 2.68. The summed E-state index contributed by atoms with van der Waals surface area (Å²) in [7, 11) is -14.1. The Bertz CT molecular complexity index is 1110. The predicted molar refractivity (Wildman–Crippen MR) is 101 cm³/mol. The molecule has 0 amide bonds. The molecule has 0 aliphatic rings. The molecule has 13 heteroatoms. The normalized spacial score (nSPS) is 13.5. The Balaban J connectivity index is 2.93. The molecule has 0 saturated carbocycles. The zero-order valence-electron chi connectivity index (χ0n) is 13.8. The first-order valence-corrected chi connectivity index (χ1v) is 14.2. The van der Waals surface area contributed by atoms with Gasteiger partial charge in [0.25, 0.3) is 20.2 Å². The van der Waals surface area contributed by atoms with Gasteiger partial charge in [-0.3, -0.25) is 13.7 Å². The Morgan fingerprint density at radius 1 is 0.741 bits per heavy atom. The number of hydrogen-bond acceptors (Lipinski definition) is 6. The summed E-state index contributed by atoms with van der Waals surface area (Å²) in [6.45, 7) is -2.35. The van der Waals surface area contributed by atoms with Crippen molar-refractivity contribution in [2.75, 3.05) is 6.16 Å². The molecule has 0 aliphatic carbocycles. The van der Waals surface area contributed by atoms with Crippen molar-refractivity contribution in [2.24, 2.45) is 0 Å². The van der Waals surface area contributed by atoms with Crippen molar-refractivity contribution in [3.8, 4) is 0 Å². The monoisotopic (exact) mass is 455 g/mol. The van der Waals surface area contributed by atoms with Crippen molar-refractivity contribution in [1.82, 2.24) is 0 Å². The molecular weight excluding hydrogens is 439 g/mol. The van der Waals surface area contributed by atoms with Crippen LogP contribution in [0, 0.1) is 0 Å². The molecule has 0 aromatic heterocycles. The lowest BCUT2D eigenvalue weighted by Crippen LogP contribution is -2.31. The van der Waals surface area contributed by atoms with Crippen molar-refractivity contribution in [2.45, 2.75) is 16.7 Å². The SMILES string of the molecule is CC[P+](c1cccc(S(=O)(=O)O)c1)(c1cccc(S(=O)(=O)O)c1)S(=O)(=O)O. The third-order valence-electron chi connectivity index (χ3n) is 3.90. The largest absolute Gasteiger partial charge is 0.390 e. The van der Waals surface area contributed by atoms with Crippen molar-refractivity contribution in [3.63, 3.8) is 0 Å². The average Bonchev–Trinajstić information content (AvgIpc) is 2.54. The zero-order chi connectivity index (χ0) is 20.7. The lowest BCUT2D eigenvalue weighted by Gasteiger charge is -2.22. The summed E-state index contributed by atoms with van der Waals surface area (Å²) >= 11 is 0. The van der Waals surface area contributed by atoms with Crippen LogP contribution in [-0.4, -0.2) is 45.1 Å². The van der Waals surface area contributed by atoms with Crippen LogP contribution in [0.5, 0.6) is 0 Å². The van der Waals surface area contributed by atoms with E-state index in [1.165, 1.54) is 31.2 Å². The van der Waals surface area contributed by atoms with Gasteiger partial charge in [-0.15, -0.1) is 0 Å². The topological polar surface area (TPSA) is 163 Å². The van der Waals surface area contributed by atoms with E-state index in [-0.39, 0.29) is 16.8 Å². The van der Waals surface area contributed by atoms with Crippen LogP contribution in [0.4, 0.5) is 0 Å². The van der Waals surface area contributed by atoms with E-state index in [4.69, 9.17) is 0 Å². The molecule has 2 rings (SSSR count). The Morgan fingerprint density at radius 3 is 1.37 bits per heavy atom. The van der Waals surface area contributed by atoms with Crippen molar-refractivity contribution >= 4 is 47.0 Å². The third-order valence-corrected chi connectivity index (χ3v) is 13.9. The molecule has 2 aromatic carbocycles. The summed E-state index contributed by atoms with van der Waals surface area (Å²) < 4.78 is 98.9. The Labute approximate surface area is 157 Å². The second-order valence-corrected chi connectivity index (χ2v) is 15.6. The molecule has 0 unspecified atom stereocenters. The molecule has 0 spiro atoms. The van der Waals surface area contributed by atoms with Crippen molar-refractivity contribution in [1.29, 1.82) is 0 Å². The molecule has 0 heterocycles. The van der Waals surface area contributed by atoms with Crippen LogP contribution < -0.4 is 10.6 Å². The highest BCUT2D eigenvalue weighted by Gasteiger charge is 2.54. The van der Waals surface area contributed by atoms with E-state index < -0.39 is 46.2 Å². The van der Waals surface area contributed by atoms with Crippen LogP contribution in [-0.2, 0) is 30.0 Å². The van der Waals surface area contributed by atoms with E-state index in [9.17, 15) is 38.9 Å². The van der Waals surface area contributed by atoms with Gasteiger partial charge < -0.3 is 0 Å². The lowest BCUT2D eigenvalue weighted by atomic mass is 10.4. The molecule has 2 aromatic rings. The maximum atomic E-state index is 12.4. The molecule has 0 atom stereocenters. The summed E-state index contributed by atoms with van der Waals surface area (Å²) in [5.74, 6) is 0. The second kappa shape index (κ2) is 7.21. The first kappa shape index (κ1) is 21.9. The lowest BCUT2D eigenvalue weighted by molar-refractivity contribution is 0.481. The van der Waals surface area contributed by atoms with Gasteiger partial charge >= 0.3 is 9.74 Å². The van der Waals surface area contributed by atoms with E-state index in [0.29, 0.717) is 0 Å². The summed E-state index contributed by atoms with van der Waals surface area (Å²) in [6.07, 6.45) is -0.199. The van der Waals surface area contributed by atoms with Gasteiger partial charge in [0.15, 0.2) is 0 Å².